The van der Waals surface area contributed by atoms with Gasteiger partial charge in [-0.3, -0.25) is 14.5 Å². The second-order valence-electron chi connectivity index (χ2n) is 5.82. The van der Waals surface area contributed by atoms with E-state index in [-0.39, 0.29) is 4.90 Å². The third-order valence-corrected chi connectivity index (χ3v) is 4.72. The zero-order valence-corrected chi connectivity index (χ0v) is 17.3. The summed E-state index contributed by atoms with van der Waals surface area (Å²) in [6.07, 6.45) is 6.90. The van der Waals surface area contributed by atoms with Gasteiger partial charge in [-0.25, -0.2) is 8.42 Å². The Balaban J connectivity index is 0.000000500. The normalized spacial score (nSPS) is 11.4. The van der Waals surface area contributed by atoms with E-state index >= 15 is 0 Å². The van der Waals surface area contributed by atoms with E-state index in [0.717, 1.165) is 22.4 Å². The molecule has 2 heterocycles. The quantitative estimate of drug-likeness (QED) is 0.621. The molecule has 0 bridgehead atoms. The van der Waals surface area contributed by atoms with Gasteiger partial charge < -0.3 is 0 Å². The third kappa shape index (κ3) is 6.68. The molecule has 0 amide bonds. The van der Waals surface area contributed by atoms with Crippen molar-refractivity contribution in [2.24, 2.45) is 0 Å². The molecule has 0 saturated carbocycles. The van der Waals surface area contributed by atoms with Crippen LogP contribution in [0.4, 0.5) is 0 Å². The van der Waals surface area contributed by atoms with E-state index in [9.17, 15) is 16.8 Å². The van der Waals surface area contributed by atoms with Gasteiger partial charge in [-0.15, -0.1) is 0 Å². The molecule has 0 aliphatic heterocycles. The van der Waals surface area contributed by atoms with Crippen molar-refractivity contribution >= 4 is 31.6 Å². The molecule has 0 fully saturated rings. The van der Waals surface area contributed by atoms with Crippen LogP contribution in [0.2, 0.25) is 5.02 Å². The number of hydrogen-bond donors (Lipinski definition) is 1. The van der Waals surface area contributed by atoms with Crippen LogP contribution in [0.1, 0.15) is 0 Å². The molecule has 2 aromatic heterocycles. The zero-order chi connectivity index (χ0) is 20.9. The van der Waals surface area contributed by atoms with Gasteiger partial charge in [-0.05, 0) is 35.9 Å². The molecule has 7 nitrogen and oxygen atoms in total. The Labute approximate surface area is 168 Å². The molecular formula is C18H17ClN2O5S2. The molecule has 1 N–H and O–H groups in total. The average Bonchev–Trinajstić information content (AvgIpc) is 2.60. The van der Waals surface area contributed by atoms with E-state index in [4.69, 9.17) is 16.2 Å². The van der Waals surface area contributed by atoms with Crippen molar-refractivity contribution < 1.29 is 21.4 Å². The number of aromatic nitrogens is 2. The fraction of sp³-hybridized carbons (Fsp3) is 0.111. The maximum absolute atomic E-state index is 11.6. The Morgan fingerprint density at radius 2 is 1.54 bits per heavy atom. The van der Waals surface area contributed by atoms with Crippen molar-refractivity contribution in [3.8, 4) is 22.4 Å². The van der Waals surface area contributed by atoms with Crippen molar-refractivity contribution in [1.82, 2.24) is 9.97 Å². The van der Waals surface area contributed by atoms with Gasteiger partial charge >= 0.3 is 0 Å². The van der Waals surface area contributed by atoms with Gasteiger partial charge in [0.25, 0.3) is 10.1 Å². The van der Waals surface area contributed by atoms with Crippen molar-refractivity contribution in [2.75, 3.05) is 12.5 Å². The number of rotatable bonds is 3. The van der Waals surface area contributed by atoms with Crippen LogP contribution in [-0.4, -0.2) is 43.9 Å². The van der Waals surface area contributed by atoms with E-state index in [1.54, 1.807) is 42.9 Å². The molecule has 0 aliphatic rings. The zero-order valence-electron chi connectivity index (χ0n) is 14.9. The van der Waals surface area contributed by atoms with Gasteiger partial charge in [-0.2, -0.15) is 8.42 Å². The first-order chi connectivity index (χ1) is 12.9. The van der Waals surface area contributed by atoms with Gasteiger partial charge in [-0.1, -0.05) is 23.7 Å². The fourth-order valence-corrected chi connectivity index (χ4v) is 3.06. The summed E-state index contributed by atoms with van der Waals surface area (Å²) in [7, 11) is -6.89. The minimum Gasteiger partial charge on any atom is -0.286 e. The van der Waals surface area contributed by atoms with Crippen LogP contribution >= 0.6 is 11.6 Å². The Morgan fingerprint density at radius 1 is 0.929 bits per heavy atom. The highest BCUT2D eigenvalue weighted by molar-refractivity contribution is 7.90. The molecule has 0 spiro atoms. The minimum atomic E-state index is -3.67. The summed E-state index contributed by atoms with van der Waals surface area (Å²) in [5.41, 5.74) is 3.28. The molecule has 28 heavy (non-hydrogen) atoms. The van der Waals surface area contributed by atoms with Crippen molar-refractivity contribution in [3.05, 3.63) is 66.1 Å². The first-order valence-electron chi connectivity index (χ1n) is 7.74. The summed E-state index contributed by atoms with van der Waals surface area (Å²) in [5.74, 6) is 0. The summed E-state index contributed by atoms with van der Waals surface area (Å²) < 4.78 is 49.0. The molecule has 1 aromatic carbocycles. The van der Waals surface area contributed by atoms with Crippen LogP contribution < -0.4 is 0 Å². The highest BCUT2D eigenvalue weighted by Crippen LogP contribution is 2.32. The molecule has 10 heteroatoms. The number of halogens is 1. The SMILES string of the molecule is CS(=O)(=O)O.CS(=O)(=O)c1ccc(-c2cc(Cl)cnc2-c2cccnc2)cc1. The van der Waals surface area contributed by atoms with E-state index in [2.05, 4.69) is 9.97 Å². The number of pyridine rings is 2. The molecule has 3 rings (SSSR count). The highest BCUT2D eigenvalue weighted by atomic mass is 35.5. The standard InChI is InChI=1S/C17H13ClN2O2S.CH4O3S/c1-23(21,22)15-6-4-12(5-7-15)16-9-14(18)11-20-17(16)13-3-2-8-19-10-13;1-5(2,3)4/h2-11H,1H3;1H3,(H,2,3,4). The second kappa shape index (κ2) is 8.78. The smallest absolute Gasteiger partial charge is 0.261 e. The largest absolute Gasteiger partial charge is 0.286 e. The predicted octanol–water partition coefficient (Wildman–Crippen LogP) is 3.37. The molecule has 0 atom stereocenters. The monoisotopic (exact) mass is 440 g/mol. The van der Waals surface area contributed by atoms with Crippen molar-refractivity contribution in [1.29, 1.82) is 0 Å². The van der Waals surface area contributed by atoms with Crippen molar-refractivity contribution in [3.63, 3.8) is 0 Å². The first kappa shape index (κ1) is 22.0. The summed E-state index contributed by atoms with van der Waals surface area (Å²) in [4.78, 5) is 8.80. The minimum absolute atomic E-state index is 0.277. The van der Waals surface area contributed by atoms with Crippen LogP contribution in [0.15, 0.2) is 66.0 Å². The Kier molecular flexibility index (Phi) is 6.89. The number of nitrogens with zero attached hydrogens (tertiary/aromatic N) is 2. The van der Waals surface area contributed by atoms with Gasteiger partial charge in [0.1, 0.15) is 0 Å². The Morgan fingerprint density at radius 3 is 2.04 bits per heavy atom. The van der Waals surface area contributed by atoms with Gasteiger partial charge in [0, 0.05) is 36.0 Å². The lowest BCUT2D eigenvalue weighted by atomic mass is 10.0. The van der Waals surface area contributed by atoms with Crippen LogP contribution in [0, 0.1) is 0 Å². The molecule has 3 aromatic rings. The van der Waals surface area contributed by atoms with E-state index in [1.807, 2.05) is 18.2 Å². The van der Waals surface area contributed by atoms with Crippen molar-refractivity contribution in [2.45, 2.75) is 4.90 Å². The maximum atomic E-state index is 11.6. The van der Waals surface area contributed by atoms with Crippen LogP contribution in [0.3, 0.4) is 0 Å². The molecular weight excluding hydrogens is 424 g/mol. The van der Waals surface area contributed by atoms with E-state index in [1.165, 1.54) is 6.26 Å². The maximum Gasteiger partial charge on any atom is 0.261 e. The fourth-order valence-electron chi connectivity index (χ4n) is 2.27. The molecule has 0 aliphatic carbocycles. The van der Waals surface area contributed by atoms with Gasteiger partial charge in [0.2, 0.25) is 0 Å². The lowest BCUT2D eigenvalue weighted by Gasteiger charge is -2.10. The predicted molar refractivity (Wildman–Crippen MR) is 108 cm³/mol. The topological polar surface area (TPSA) is 114 Å². The average molecular weight is 441 g/mol. The highest BCUT2D eigenvalue weighted by Gasteiger charge is 2.12. The summed E-state index contributed by atoms with van der Waals surface area (Å²) in [6.45, 7) is 0. The number of benzene rings is 1. The molecule has 0 unspecified atom stereocenters. The number of hydrogen-bond acceptors (Lipinski definition) is 6. The Bertz CT molecular complexity index is 1160. The van der Waals surface area contributed by atoms with E-state index in [0.29, 0.717) is 11.3 Å². The van der Waals surface area contributed by atoms with Crippen LogP contribution in [0.25, 0.3) is 22.4 Å². The molecule has 148 valence electrons. The summed E-state index contributed by atoms with van der Waals surface area (Å²) in [6, 6.07) is 12.2. The molecule has 0 saturated heterocycles. The van der Waals surface area contributed by atoms with E-state index < -0.39 is 20.0 Å². The number of sulfone groups is 1. The lowest BCUT2D eigenvalue weighted by molar-refractivity contribution is 0.490. The molecule has 0 radical (unpaired) electrons. The first-order valence-corrected chi connectivity index (χ1v) is 11.9. The second-order valence-corrected chi connectivity index (χ2v) is 9.74. The third-order valence-electron chi connectivity index (χ3n) is 3.38. The van der Waals surface area contributed by atoms with Gasteiger partial charge in [0.05, 0.1) is 21.9 Å². The lowest BCUT2D eigenvalue weighted by Crippen LogP contribution is -1.96. The van der Waals surface area contributed by atoms with Crippen LogP contribution in [0.5, 0.6) is 0 Å². The van der Waals surface area contributed by atoms with Gasteiger partial charge in [0.15, 0.2) is 9.84 Å². The Hall–Kier alpha value is -2.33. The van der Waals surface area contributed by atoms with Crippen LogP contribution in [-0.2, 0) is 20.0 Å². The summed E-state index contributed by atoms with van der Waals surface area (Å²) >= 11 is 6.08. The summed E-state index contributed by atoms with van der Waals surface area (Å²) in [5, 5.41) is 0.514.